The highest BCUT2D eigenvalue weighted by Crippen LogP contribution is 2.31. The number of nitrogens with one attached hydrogen (secondary N) is 1. The van der Waals surface area contributed by atoms with E-state index < -0.39 is 0 Å². The van der Waals surface area contributed by atoms with Crippen LogP contribution in [0.3, 0.4) is 0 Å². The Hall–Kier alpha value is -2.63. The van der Waals surface area contributed by atoms with E-state index in [2.05, 4.69) is 27.3 Å². The maximum atomic E-state index is 5.45. The van der Waals surface area contributed by atoms with E-state index >= 15 is 0 Å². The Morgan fingerprint density at radius 1 is 1.17 bits per heavy atom. The minimum absolute atomic E-state index is 0.713. The van der Waals surface area contributed by atoms with Crippen LogP contribution in [0.25, 0.3) is 11.0 Å². The first-order valence-corrected chi connectivity index (χ1v) is 7.67. The Bertz CT molecular complexity index is 869. The van der Waals surface area contributed by atoms with Crippen molar-refractivity contribution in [3.63, 3.8) is 0 Å². The molecule has 0 spiro atoms. The predicted octanol–water partition coefficient (Wildman–Crippen LogP) is 3.52. The van der Waals surface area contributed by atoms with Gasteiger partial charge in [-0.3, -0.25) is 4.68 Å². The number of aryl methyl sites for hydroxylation is 4. The molecule has 0 saturated heterocycles. The summed E-state index contributed by atoms with van der Waals surface area (Å²) in [5, 5.41) is 7.95. The summed E-state index contributed by atoms with van der Waals surface area (Å²) in [5.74, 6) is 2.24. The van der Waals surface area contributed by atoms with Gasteiger partial charge < -0.3 is 10.1 Å². The Labute approximate surface area is 135 Å². The molecule has 6 heteroatoms. The molecule has 2 aromatic heterocycles. The first-order chi connectivity index (χ1) is 11.0. The van der Waals surface area contributed by atoms with Crippen molar-refractivity contribution >= 4 is 22.5 Å². The molecule has 0 fully saturated rings. The van der Waals surface area contributed by atoms with Crippen LogP contribution in [0.2, 0.25) is 0 Å². The third-order valence-corrected chi connectivity index (χ3v) is 3.77. The highest BCUT2D eigenvalue weighted by molar-refractivity contribution is 5.90. The van der Waals surface area contributed by atoms with E-state index in [1.807, 2.05) is 43.7 Å². The van der Waals surface area contributed by atoms with Crippen molar-refractivity contribution in [2.75, 3.05) is 12.4 Å². The monoisotopic (exact) mass is 311 g/mol. The molecule has 0 amide bonds. The van der Waals surface area contributed by atoms with E-state index in [1.165, 1.54) is 0 Å². The van der Waals surface area contributed by atoms with Gasteiger partial charge in [0.2, 0.25) is 0 Å². The standard InChI is InChI=1S/C17H21N5O/c1-6-22-16-15(11(3)21-22)18-12(4)19-17(16)20-13-9-10(2)7-8-14(13)23-5/h7-9H,6H2,1-5H3,(H,18,19,20). The molecule has 0 radical (unpaired) electrons. The fraction of sp³-hybridized carbons (Fsp3) is 0.353. The molecule has 0 unspecified atom stereocenters. The second kappa shape index (κ2) is 5.87. The fourth-order valence-corrected chi connectivity index (χ4v) is 2.70. The number of methoxy groups -OCH3 is 1. The molecule has 1 N–H and O–H groups in total. The lowest BCUT2D eigenvalue weighted by atomic mass is 10.2. The zero-order valence-corrected chi connectivity index (χ0v) is 14.1. The summed E-state index contributed by atoms with van der Waals surface area (Å²) in [6.07, 6.45) is 0. The maximum Gasteiger partial charge on any atom is 0.160 e. The number of hydrogen-bond donors (Lipinski definition) is 1. The van der Waals surface area contributed by atoms with Gasteiger partial charge in [0, 0.05) is 6.54 Å². The summed E-state index contributed by atoms with van der Waals surface area (Å²) in [4.78, 5) is 9.13. The van der Waals surface area contributed by atoms with Gasteiger partial charge in [0.15, 0.2) is 5.82 Å². The summed E-state index contributed by atoms with van der Waals surface area (Å²) in [7, 11) is 1.66. The van der Waals surface area contributed by atoms with E-state index in [0.29, 0.717) is 5.82 Å². The quantitative estimate of drug-likeness (QED) is 0.798. The number of nitrogens with zero attached hydrogens (tertiary/aromatic N) is 4. The first-order valence-electron chi connectivity index (χ1n) is 7.67. The number of hydrogen-bond acceptors (Lipinski definition) is 5. The molecule has 0 bridgehead atoms. The minimum atomic E-state index is 0.713. The first kappa shape index (κ1) is 15.3. The van der Waals surface area contributed by atoms with Crippen molar-refractivity contribution in [1.29, 1.82) is 0 Å². The van der Waals surface area contributed by atoms with Gasteiger partial charge in [-0.25, -0.2) is 9.97 Å². The highest BCUT2D eigenvalue weighted by Gasteiger charge is 2.16. The Morgan fingerprint density at radius 3 is 2.65 bits per heavy atom. The summed E-state index contributed by atoms with van der Waals surface area (Å²) >= 11 is 0. The molecule has 23 heavy (non-hydrogen) atoms. The molecule has 0 aliphatic heterocycles. The smallest absolute Gasteiger partial charge is 0.160 e. The van der Waals surface area contributed by atoms with Crippen LogP contribution in [0.15, 0.2) is 18.2 Å². The Kier molecular flexibility index (Phi) is 3.90. The normalized spacial score (nSPS) is 11.0. The fourth-order valence-electron chi connectivity index (χ4n) is 2.70. The summed E-state index contributed by atoms with van der Waals surface area (Å²) in [6, 6.07) is 6.01. The van der Waals surface area contributed by atoms with E-state index in [4.69, 9.17) is 4.74 Å². The van der Waals surface area contributed by atoms with Gasteiger partial charge in [0.05, 0.1) is 18.5 Å². The van der Waals surface area contributed by atoms with Crippen molar-refractivity contribution in [1.82, 2.24) is 19.7 Å². The van der Waals surface area contributed by atoms with Gasteiger partial charge in [-0.05, 0) is 45.4 Å². The number of benzene rings is 1. The molecule has 3 rings (SSSR count). The van der Waals surface area contributed by atoms with E-state index in [0.717, 1.165) is 46.1 Å². The van der Waals surface area contributed by atoms with Crippen molar-refractivity contribution < 1.29 is 4.74 Å². The van der Waals surface area contributed by atoms with Crippen LogP contribution in [0, 0.1) is 20.8 Å². The molecule has 120 valence electrons. The van der Waals surface area contributed by atoms with Crippen LogP contribution >= 0.6 is 0 Å². The topological polar surface area (TPSA) is 64.9 Å². The molecule has 0 aliphatic rings. The molecule has 0 aliphatic carbocycles. The van der Waals surface area contributed by atoms with Crippen molar-refractivity contribution in [3.8, 4) is 5.75 Å². The number of ether oxygens (including phenoxy) is 1. The average Bonchev–Trinajstić information content (AvgIpc) is 2.84. The SMILES string of the molecule is CCn1nc(C)c2nc(C)nc(Nc3cc(C)ccc3OC)c21. The minimum Gasteiger partial charge on any atom is -0.495 e. The molecular formula is C17H21N5O. The van der Waals surface area contributed by atoms with Crippen molar-refractivity contribution in [2.45, 2.75) is 34.2 Å². The molecule has 1 aromatic carbocycles. The Morgan fingerprint density at radius 2 is 1.96 bits per heavy atom. The van der Waals surface area contributed by atoms with Gasteiger partial charge in [-0.1, -0.05) is 6.07 Å². The summed E-state index contributed by atoms with van der Waals surface area (Å²) < 4.78 is 7.37. The van der Waals surface area contributed by atoms with Gasteiger partial charge in [0.25, 0.3) is 0 Å². The molecule has 0 saturated carbocycles. The molecular weight excluding hydrogens is 290 g/mol. The average molecular weight is 311 g/mol. The van der Waals surface area contributed by atoms with Gasteiger partial charge in [-0.2, -0.15) is 5.10 Å². The van der Waals surface area contributed by atoms with Gasteiger partial charge in [-0.15, -0.1) is 0 Å². The van der Waals surface area contributed by atoms with Crippen LogP contribution in [-0.4, -0.2) is 26.9 Å². The lowest BCUT2D eigenvalue weighted by Crippen LogP contribution is -2.04. The van der Waals surface area contributed by atoms with Crippen LogP contribution in [0.1, 0.15) is 24.0 Å². The number of fused-ring (bicyclic) bond motifs is 1. The van der Waals surface area contributed by atoms with Gasteiger partial charge in [0.1, 0.15) is 22.6 Å². The van der Waals surface area contributed by atoms with Crippen LogP contribution in [0.4, 0.5) is 11.5 Å². The molecule has 2 heterocycles. The molecule has 6 nitrogen and oxygen atoms in total. The zero-order chi connectivity index (χ0) is 16.6. The number of anilines is 2. The van der Waals surface area contributed by atoms with Crippen LogP contribution in [-0.2, 0) is 6.54 Å². The lowest BCUT2D eigenvalue weighted by molar-refractivity contribution is 0.416. The van der Waals surface area contributed by atoms with E-state index in [9.17, 15) is 0 Å². The third-order valence-electron chi connectivity index (χ3n) is 3.77. The second-order valence-corrected chi connectivity index (χ2v) is 5.55. The lowest BCUT2D eigenvalue weighted by Gasteiger charge is -2.13. The Balaban J connectivity index is 2.19. The van der Waals surface area contributed by atoms with Crippen LogP contribution < -0.4 is 10.1 Å². The van der Waals surface area contributed by atoms with Gasteiger partial charge >= 0.3 is 0 Å². The van der Waals surface area contributed by atoms with E-state index in [1.54, 1.807) is 7.11 Å². The van der Waals surface area contributed by atoms with Crippen LogP contribution in [0.5, 0.6) is 5.75 Å². The highest BCUT2D eigenvalue weighted by atomic mass is 16.5. The zero-order valence-electron chi connectivity index (χ0n) is 14.1. The second-order valence-electron chi connectivity index (χ2n) is 5.55. The largest absolute Gasteiger partial charge is 0.495 e. The summed E-state index contributed by atoms with van der Waals surface area (Å²) in [5.41, 5.74) is 4.74. The third kappa shape index (κ3) is 2.72. The van der Waals surface area contributed by atoms with E-state index in [-0.39, 0.29) is 0 Å². The van der Waals surface area contributed by atoms with Crippen molar-refractivity contribution in [3.05, 3.63) is 35.3 Å². The van der Waals surface area contributed by atoms with Crippen molar-refractivity contribution in [2.24, 2.45) is 0 Å². The summed E-state index contributed by atoms with van der Waals surface area (Å²) in [6.45, 7) is 8.73. The number of rotatable bonds is 4. The molecule has 0 atom stereocenters. The maximum absolute atomic E-state index is 5.45. The molecule has 3 aromatic rings. The number of aromatic nitrogens is 4. The predicted molar refractivity (Wildman–Crippen MR) is 91.5 cm³/mol.